The van der Waals surface area contributed by atoms with Crippen LogP contribution in [-0.4, -0.2) is 57.5 Å². The number of carboxylic acids is 1. The number of hydrogen-bond acceptors (Lipinski definition) is 6. The first-order valence-electron chi connectivity index (χ1n) is 10.2. The zero-order chi connectivity index (χ0) is 21.4. The number of anilines is 1. The van der Waals surface area contributed by atoms with Crippen LogP contribution in [0.1, 0.15) is 59.8 Å². The van der Waals surface area contributed by atoms with E-state index >= 15 is 0 Å². The van der Waals surface area contributed by atoms with Gasteiger partial charge in [-0.25, -0.2) is 9.78 Å². The summed E-state index contributed by atoms with van der Waals surface area (Å²) in [7, 11) is 0. The average molecular weight is 444 g/mol. The number of rotatable bonds is 9. The van der Waals surface area contributed by atoms with Crippen LogP contribution in [0.3, 0.4) is 0 Å². The van der Waals surface area contributed by atoms with Gasteiger partial charge >= 0.3 is 12.0 Å². The van der Waals surface area contributed by atoms with Crippen molar-refractivity contribution in [1.82, 2.24) is 9.88 Å². The summed E-state index contributed by atoms with van der Waals surface area (Å²) in [6, 6.07) is 0.0811. The van der Waals surface area contributed by atoms with Crippen molar-refractivity contribution in [2.24, 2.45) is 5.92 Å². The van der Waals surface area contributed by atoms with Crippen LogP contribution in [-0.2, 0) is 9.53 Å². The van der Waals surface area contributed by atoms with Crippen molar-refractivity contribution < 1.29 is 19.4 Å². The Labute approximate surface area is 181 Å². The Kier molecular flexibility index (Phi) is 9.23. The van der Waals surface area contributed by atoms with E-state index in [1.54, 1.807) is 6.20 Å². The van der Waals surface area contributed by atoms with Gasteiger partial charge < -0.3 is 14.7 Å². The number of urea groups is 1. The van der Waals surface area contributed by atoms with Crippen molar-refractivity contribution in [1.29, 1.82) is 0 Å². The maximum absolute atomic E-state index is 13.0. The van der Waals surface area contributed by atoms with E-state index in [1.165, 1.54) is 23.1 Å². The molecule has 0 spiro atoms. The van der Waals surface area contributed by atoms with Crippen LogP contribution in [0.25, 0.3) is 0 Å². The van der Waals surface area contributed by atoms with Gasteiger partial charge in [-0.1, -0.05) is 18.3 Å². The lowest BCUT2D eigenvalue weighted by atomic mass is 9.86. The minimum Gasteiger partial charge on any atom is -0.481 e. The summed E-state index contributed by atoms with van der Waals surface area (Å²) in [6.45, 7) is 9.35. The Morgan fingerprint density at radius 1 is 1.34 bits per heavy atom. The van der Waals surface area contributed by atoms with Gasteiger partial charge in [0.1, 0.15) is 0 Å². The molecule has 1 aromatic heterocycles. The normalized spacial score (nSPS) is 19.7. The first kappa shape index (κ1) is 24.0. The van der Waals surface area contributed by atoms with Crippen molar-refractivity contribution >= 4 is 40.2 Å². The molecule has 0 saturated heterocycles. The maximum atomic E-state index is 13.0. The third-order valence-corrected chi connectivity index (χ3v) is 6.92. The molecule has 1 fully saturated rings. The molecule has 9 heteroatoms. The van der Waals surface area contributed by atoms with E-state index in [4.69, 9.17) is 9.84 Å². The predicted octanol–water partition coefficient (Wildman–Crippen LogP) is 4.94. The van der Waals surface area contributed by atoms with Gasteiger partial charge in [0, 0.05) is 18.3 Å². The number of aliphatic carboxylic acids is 1. The average Bonchev–Trinajstić information content (AvgIpc) is 3.05. The molecule has 0 atom stereocenters. The van der Waals surface area contributed by atoms with E-state index in [0.29, 0.717) is 30.0 Å². The molecule has 2 rings (SSSR count). The summed E-state index contributed by atoms with van der Waals surface area (Å²) < 4.78 is 6.75. The molecule has 2 amide bonds. The second-order valence-electron chi connectivity index (χ2n) is 8.47. The highest BCUT2D eigenvalue weighted by Gasteiger charge is 2.28. The van der Waals surface area contributed by atoms with Crippen LogP contribution in [0, 0.1) is 5.92 Å². The fraction of sp³-hybridized carbons (Fsp3) is 0.750. The van der Waals surface area contributed by atoms with Crippen molar-refractivity contribution in [2.75, 3.05) is 24.2 Å². The van der Waals surface area contributed by atoms with Gasteiger partial charge in [-0.3, -0.25) is 10.1 Å². The van der Waals surface area contributed by atoms with Crippen molar-refractivity contribution in [3.8, 4) is 0 Å². The molecular formula is C20H33N3O4S2. The predicted molar refractivity (Wildman–Crippen MR) is 118 cm³/mol. The minimum atomic E-state index is -0.814. The highest BCUT2D eigenvalue weighted by Crippen LogP contribution is 2.30. The number of amides is 2. The molecule has 0 aliphatic heterocycles. The molecule has 0 aromatic carbocycles. The van der Waals surface area contributed by atoms with Crippen LogP contribution in [0.5, 0.6) is 0 Å². The molecule has 1 heterocycles. The second kappa shape index (κ2) is 11.2. The lowest BCUT2D eigenvalue weighted by Crippen LogP contribution is -2.46. The maximum Gasteiger partial charge on any atom is 0.323 e. The number of carbonyl (C=O) groups excluding carboxylic acids is 1. The Bertz CT molecular complexity index is 667. The molecular weight excluding hydrogens is 410 g/mol. The van der Waals surface area contributed by atoms with Gasteiger partial charge in [-0.2, -0.15) is 0 Å². The fourth-order valence-corrected chi connectivity index (χ4v) is 5.11. The Morgan fingerprint density at radius 3 is 2.66 bits per heavy atom. The zero-order valence-corrected chi connectivity index (χ0v) is 19.4. The number of thiazole rings is 1. The second-order valence-corrected chi connectivity index (χ2v) is 10.9. The molecule has 2 N–H and O–H groups in total. The summed E-state index contributed by atoms with van der Waals surface area (Å²) in [4.78, 5) is 29.8. The Morgan fingerprint density at radius 2 is 2.03 bits per heavy atom. The third-order valence-electron chi connectivity index (χ3n) is 4.81. The van der Waals surface area contributed by atoms with Crippen molar-refractivity contribution in [2.45, 2.75) is 75.7 Å². The molecule has 7 nitrogen and oxygen atoms in total. The summed E-state index contributed by atoms with van der Waals surface area (Å²) in [5.74, 6) is 0.387. The van der Waals surface area contributed by atoms with E-state index in [2.05, 4.69) is 17.2 Å². The smallest absolute Gasteiger partial charge is 0.323 e. The summed E-state index contributed by atoms with van der Waals surface area (Å²) in [5, 5.41) is 12.2. The van der Waals surface area contributed by atoms with E-state index in [9.17, 15) is 9.59 Å². The number of carboxylic acid groups (broad SMARTS) is 1. The quantitative estimate of drug-likeness (QED) is 0.525. The fourth-order valence-electron chi connectivity index (χ4n) is 3.24. The van der Waals surface area contributed by atoms with Crippen LogP contribution >= 0.6 is 23.1 Å². The molecule has 0 bridgehead atoms. The number of ether oxygens (including phenoxy) is 1. The number of nitrogens with one attached hydrogen (secondary N) is 1. The molecule has 0 unspecified atom stereocenters. The standard InChI is InChI=1S/C20H33N3O4S2/c1-14-5-7-15(8-6-14)23(10-11-27-20(2,3)4)19(26)22-18-21-13-17(29-18)28-12-9-16(24)25/h13-15H,5-12H2,1-4H3,(H,24,25)(H,21,22,26)/t14-,15-. The number of aromatic nitrogens is 1. The van der Waals surface area contributed by atoms with Gasteiger partial charge in [0.05, 0.1) is 29.0 Å². The van der Waals surface area contributed by atoms with Gasteiger partial charge in [0.15, 0.2) is 5.13 Å². The lowest BCUT2D eigenvalue weighted by molar-refractivity contribution is -0.136. The summed E-state index contributed by atoms with van der Waals surface area (Å²) in [6.07, 6.45) is 6.08. The monoisotopic (exact) mass is 443 g/mol. The Balaban J connectivity index is 1.95. The zero-order valence-electron chi connectivity index (χ0n) is 17.8. The molecule has 1 aliphatic rings. The first-order chi connectivity index (χ1) is 13.6. The molecule has 0 radical (unpaired) electrons. The van der Waals surface area contributed by atoms with Gasteiger partial charge in [-0.05, 0) is 52.4 Å². The highest BCUT2D eigenvalue weighted by atomic mass is 32.2. The number of nitrogens with zero attached hydrogens (tertiary/aromatic N) is 2. The van der Waals surface area contributed by atoms with Crippen LogP contribution in [0.2, 0.25) is 0 Å². The van der Waals surface area contributed by atoms with Crippen LogP contribution in [0.4, 0.5) is 9.93 Å². The Hall–Kier alpha value is -1.32. The van der Waals surface area contributed by atoms with E-state index in [1.807, 2.05) is 25.7 Å². The molecule has 164 valence electrons. The molecule has 1 saturated carbocycles. The molecule has 1 aromatic rings. The number of hydrogen-bond donors (Lipinski definition) is 2. The topological polar surface area (TPSA) is 91.8 Å². The van der Waals surface area contributed by atoms with Gasteiger partial charge in [0.25, 0.3) is 0 Å². The summed E-state index contributed by atoms with van der Waals surface area (Å²) in [5.41, 5.74) is -0.236. The van der Waals surface area contributed by atoms with E-state index < -0.39 is 5.97 Å². The van der Waals surface area contributed by atoms with E-state index in [-0.39, 0.29) is 24.1 Å². The highest BCUT2D eigenvalue weighted by molar-refractivity contribution is 8.01. The van der Waals surface area contributed by atoms with Crippen LogP contribution in [0.15, 0.2) is 10.4 Å². The number of thioether (sulfide) groups is 1. The van der Waals surface area contributed by atoms with Crippen molar-refractivity contribution in [3.05, 3.63) is 6.20 Å². The third kappa shape index (κ3) is 8.92. The van der Waals surface area contributed by atoms with Gasteiger partial charge in [0.2, 0.25) is 0 Å². The van der Waals surface area contributed by atoms with Gasteiger partial charge in [-0.15, -0.1) is 11.8 Å². The summed E-state index contributed by atoms with van der Waals surface area (Å²) >= 11 is 2.81. The lowest BCUT2D eigenvalue weighted by Gasteiger charge is -2.36. The number of carbonyl (C=O) groups is 2. The van der Waals surface area contributed by atoms with E-state index in [0.717, 1.165) is 29.9 Å². The first-order valence-corrected chi connectivity index (χ1v) is 12.0. The largest absolute Gasteiger partial charge is 0.481 e. The van der Waals surface area contributed by atoms with Crippen LogP contribution < -0.4 is 5.32 Å². The van der Waals surface area contributed by atoms with Crippen molar-refractivity contribution in [3.63, 3.8) is 0 Å². The molecule has 1 aliphatic carbocycles. The molecule has 29 heavy (non-hydrogen) atoms. The minimum absolute atomic E-state index is 0.103. The SMILES string of the molecule is CC(C)(C)OCCN(C(=O)Nc1ncc(SCCC(=O)O)s1)[C@H]1CC[C@H](C)CC1.